The van der Waals surface area contributed by atoms with Gasteiger partial charge in [0, 0.05) is 12.0 Å². The van der Waals surface area contributed by atoms with Crippen LogP contribution in [0.2, 0.25) is 0 Å². The van der Waals surface area contributed by atoms with Crippen molar-refractivity contribution in [3.8, 4) is 0 Å². The second-order valence-electron chi connectivity index (χ2n) is 4.81. The summed E-state index contributed by atoms with van der Waals surface area (Å²) in [6.07, 6.45) is 0.999. The quantitative estimate of drug-likeness (QED) is 0.846. The minimum Gasteiger partial charge on any atom is -0.313 e. The van der Waals surface area contributed by atoms with Crippen LogP contribution >= 0.6 is 0 Å². The molecule has 0 saturated carbocycles. The molecule has 1 nitrogen and oxygen atoms in total. The maximum absolute atomic E-state index is 13.4. The van der Waals surface area contributed by atoms with Crippen molar-refractivity contribution in [3.05, 3.63) is 71.0 Å². The predicted molar refractivity (Wildman–Crippen MR) is 71.1 cm³/mol. The van der Waals surface area contributed by atoms with Gasteiger partial charge in [-0.15, -0.1) is 0 Å². The molecule has 1 N–H and O–H groups in total. The molecule has 0 saturated heterocycles. The van der Waals surface area contributed by atoms with Crippen LogP contribution in [0.5, 0.6) is 0 Å². The molecule has 0 fully saturated rings. The average Bonchev–Trinajstić information content (AvgIpc) is 2.77. The zero-order valence-electron chi connectivity index (χ0n) is 10.4. The molecular weight excluding hydrogens is 225 g/mol. The lowest BCUT2D eigenvalue weighted by atomic mass is 9.93. The van der Waals surface area contributed by atoms with Crippen molar-refractivity contribution in [2.45, 2.75) is 18.4 Å². The molecule has 1 aliphatic carbocycles. The molecular formula is C16H16FN. The zero-order chi connectivity index (χ0) is 12.5. The molecule has 0 heterocycles. The van der Waals surface area contributed by atoms with E-state index in [1.807, 2.05) is 13.1 Å². The molecule has 0 bridgehead atoms. The molecule has 92 valence electrons. The van der Waals surface area contributed by atoms with Crippen LogP contribution in [-0.4, -0.2) is 7.05 Å². The van der Waals surface area contributed by atoms with Gasteiger partial charge in [0.25, 0.3) is 0 Å². The van der Waals surface area contributed by atoms with E-state index in [0.29, 0.717) is 12.0 Å². The number of fused-ring (bicyclic) bond motifs is 1. The number of hydrogen-bond donors (Lipinski definition) is 1. The number of rotatable bonds is 2. The third kappa shape index (κ3) is 1.83. The largest absolute Gasteiger partial charge is 0.313 e. The highest BCUT2D eigenvalue weighted by atomic mass is 19.1. The summed E-state index contributed by atoms with van der Waals surface area (Å²) >= 11 is 0. The number of nitrogens with one attached hydrogen (secondary N) is 1. The van der Waals surface area contributed by atoms with E-state index in [0.717, 1.165) is 12.0 Å². The van der Waals surface area contributed by atoms with Gasteiger partial charge >= 0.3 is 0 Å². The van der Waals surface area contributed by atoms with Gasteiger partial charge in [-0.3, -0.25) is 0 Å². The molecule has 2 aromatic rings. The number of hydrogen-bond acceptors (Lipinski definition) is 1. The number of halogens is 1. The van der Waals surface area contributed by atoms with Crippen molar-refractivity contribution in [2.75, 3.05) is 7.05 Å². The summed E-state index contributed by atoms with van der Waals surface area (Å²) in [7, 11) is 1.98. The summed E-state index contributed by atoms with van der Waals surface area (Å²) in [6, 6.07) is 15.8. The van der Waals surface area contributed by atoms with Gasteiger partial charge in [0.1, 0.15) is 5.82 Å². The van der Waals surface area contributed by atoms with Gasteiger partial charge in [0.05, 0.1) is 0 Å². The van der Waals surface area contributed by atoms with Gasteiger partial charge in [-0.25, -0.2) is 4.39 Å². The van der Waals surface area contributed by atoms with Crippen molar-refractivity contribution < 1.29 is 4.39 Å². The Hall–Kier alpha value is -1.67. The smallest absolute Gasteiger partial charge is 0.123 e. The number of benzene rings is 2. The SMILES string of the molecule is CN[C@@H]1C[C@@H](c2cccc(F)c2)c2ccccc21. The lowest BCUT2D eigenvalue weighted by Crippen LogP contribution is -2.13. The van der Waals surface area contributed by atoms with Gasteiger partial charge in [0.2, 0.25) is 0 Å². The van der Waals surface area contributed by atoms with E-state index in [-0.39, 0.29) is 5.82 Å². The van der Waals surface area contributed by atoms with Crippen LogP contribution in [0.15, 0.2) is 48.5 Å². The van der Waals surface area contributed by atoms with Crippen molar-refractivity contribution >= 4 is 0 Å². The van der Waals surface area contributed by atoms with Gasteiger partial charge in [-0.2, -0.15) is 0 Å². The fourth-order valence-corrected chi connectivity index (χ4v) is 2.95. The highest BCUT2D eigenvalue weighted by Crippen LogP contribution is 2.43. The van der Waals surface area contributed by atoms with E-state index in [4.69, 9.17) is 0 Å². The van der Waals surface area contributed by atoms with E-state index in [1.165, 1.54) is 17.2 Å². The Morgan fingerprint density at radius 2 is 1.83 bits per heavy atom. The van der Waals surface area contributed by atoms with Crippen molar-refractivity contribution in [2.24, 2.45) is 0 Å². The lowest BCUT2D eigenvalue weighted by Gasteiger charge is -2.12. The van der Waals surface area contributed by atoms with Gasteiger partial charge in [0.15, 0.2) is 0 Å². The van der Waals surface area contributed by atoms with Gasteiger partial charge in [-0.05, 0) is 42.3 Å². The third-order valence-electron chi connectivity index (χ3n) is 3.82. The van der Waals surface area contributed by atoms with E-state index < -0.39 is 0 Å². The Kier molecular flexibility index (Phi) is 2.88. The van der Waals surface area contributed by atoms with Crippen LogP contribution in [0, 0.1) is 5.82 Å². The first-order valence-electron chi connectivity index (χ1n) is 6.31. The summed E-state index contributed by atoms with van der Waals surface area (Å²) in [5, 5.41) is 3.34. The highest BCUT2D eigenvalue weighted by molar-refractivity contribution is 5.44. The van der Waals surface area contributed by atoms with Crippen LogP contribution < -0.4 is 5.32 Å². The topological polar surface area (TPSA) is 12.0 Å². The van der Waals surface area contributed by atoms with Crippen LogP contribution in [-0.2, 0) is 0 Å². The first-order chi connectivity index (χ1) is 8.79. The predicted octanol–water partition coefficient (Wildman–Crippen LogP) is 3.62. The van der Waals surface area contributed by atoms with Gasteiger partial charge < -0.3 is 5.32 Å². The maximum Gasteiger partial charge on any atom is 0.123 e. The fourth-order valence-electron chi connectivity index (χ4n) is 2.95. The maximum atomic E-state index is 13.4. The minimum absolute atomic E-state index is 0.155. The molecule has 0 spiro atoms. The Balaban J connectivity index is 2.05. The Bertz CT molecular complexity index is 565. The zero-order valence-corrected chi connectivity index (χ0v) is 10.4. The second-order valence-corrected chi connectivity index (χ2v) is 4.81. The van der Waals surface area contributed by atoms with E-state index in [1.54, 1.807) is 12.1 Å². The summed E-state index contributed by atoms with van der Waals surface area (Å²) in [4.78, 5) is 0. The van der Waals surface area contributed by atoms with E-state index in [2.05, 4.69) is 29.6 Å². The average molecular weight is 241 g/mol. The van der Waals surface area contributed by atoms with Crippen molar-refractivity contribution in [1.82, 2.24) is 5.32 Å². The highest BCUT2D eigenvalue weighted by Gasteiger charge is 2.30. The molecule has 2 heteroatoms. The molecule has 0 unspecified atom stereocenters. The Morgan fingerprint density at radius 1 is 1.06 bits per heavy atom. The molecule has 18 heavy (non-hydrogen) atoms. The Labute approximate surface area is 107 Å². The van der Waals surface area contributed by atoms with Crippen LogP contribution in [0.1, 0.15) is 35.1 Å². The summed E-state index contributed by atoms with van der Waals surface area (Å²) < 4.78 is 13.4. The molecule has 2 atom stereocenters. The van der Waals surface area contributed by atoms with Crippen molar-refractivity contribution in [3.63, 3.8) is 0 Å². The molecule has 1 aliphatic rings. The summed E-state index contributed by atoms with van der Waals surface area (Å²) in [5.41, 5.74) is 3.73. The molecule has 0 radical (unpaired) electrons. The van der Waals surface area contributed by atoms with E-state index in [9.17, 15) is 4.39 Å². The van der Waals surface area contributed by atoms with Gasteiger partial charge in [-0.1, -0.05) is 36.4 Å². The molecule has 0 amide bonds. The fraction of sp³-hybridized carbons (Fsp3) is 0.250. The van der Waals surface area contributed by atoms with Crippen LogP contribution in [0.4, 0.5) is 4.39 Å². The lowest BCUT2D eigenvalue weighted by molar-refractivity contribution is 0.561. The normalized spacial score (nSPS) is 21.9. The first kappa shape index (κ1) is 11.4. The molecule has 0 aromatic heterocycles. The third-order valence-corrected chi connectivity index (χ3v) is 3.82. The molecule has 2 aromatic carbocycles. The first-order valence-corrected chi connectivity index (χ1v) is 6.31. The van der Waals surface area contributed by atoms with Crippen LogP contribution in [0.25, 0.3) is 0 Å². The minimum atomic E-state index is -0.155. The standard InChI is InChI=1S/C16H16FN/c1-18-16-10-15(11-5-4-6-12(17)9-11)13-7-2-3-8-14(13)16/h2-9,15-16,18H,10H2,1H3/t15-,16+/m0/s1. The van der Waals surface area contributed by atoms with Crippen LogP contribution in [0.3, 0.4) is 0 Å². The summed E-state index contributed by atoms with van der Waals surface area (Å²) in [6.45, 7) is 0. The Morgan fingerprint density at radius 3 is 2.56 bits per heavy atom. The summed E-state index contributed by atoms with van der Waals surface area (Å²) in [5.74, 6) is 0.146. The monoisotopic (exact) mass is 241 g/mol. The molecule has 3 rings (SSSR count). The second kappa shape index (κ2) is 4.54. The molecule has 0 aliphatic heterocycles. The van der Waals surface area contributed by atoms with E-state index >= 15 is 0 Å². The van der Waals surface area contributed by atoms with Crippen molar-refractivity contribution in [1.29, 1.82) is 0 Å².